The lowest BCUT2D eigenvalue weighted by Crippen LogP contribution is -2.06. The van der Waals surface area contributed by atoms with E-state index >= 15 is 0 Å². The second kappa shape index (κ2) is 4.45. The Morgan fingerprint density at radius 2 is 1.69 bits per heavy atom. The van der Waals surface area contributed by atoms with Gasteiger partial charge in [0.25, 0.3) is 0 Å². The second-order valence-corrected chi connectivity index (χ2v) is 2.88. The summed E-state index contributed by atoms with van der Waals surface area (Å²) in [6.07, 6.45) is 3.66. The lowest BCUT2D eigenvalue weighted by molar-refractivity contribution is -0.113. The maximum atomic E-state index is 9.47. The van der Waals surface area contributed by atoms with Crippen LogP contribution in [0.15, 0.2) is 36.9 Å². The first kappa shape index (κ1) is 9.52. The minimum atomic E-state index is -0.481. The number of rotatable bonds is 1. The first-order valence-corrected chi connectivity index (χ1v) is 4.22. The van der Waals surface area contributed by atoms with Gasteiger partial charge in [-0.1, -0.05) is 30.8 Å². The molecule has 2 nitrogen and oxygen atoms in total. The first-order chi connectivity index (χ1) is 6.24. The van der Waals surface area contributed by atoms with E-state index in [1.54, 1.807) is 11.1 Å². The third-order valence-corrected chi connectivity index (χ3v) is 1.98. The number of fused-ring (bicyclic) bond motifs is 1. The number of carbonyl (C=O) groups excluding carboxylic acids is 1. The van der Waals surface area contributed by atoms with E-state index in [9.17, 15) is 4.79 Å². The molecule has 0 aliphatic heterocycles. The number of amides is 1. The largest absolute Gasteiger partial charge is 0.366 e. The van der Waals surface area contributed by atoms with Crippen molar-refractivity contribution in [2.24, 2.45) is 5.73 Å². The topological polar surface area (TPSA) is 43.1 Å². The van der Waals surface area contributed by atoms with Crippen molar-refractivity contribution in [1.82, 2.24) is 0 Å². The van der Waals surface area contributed by atoms with Crippen LogP contribution in [0.1, 0.15) is 11.1 Å². The molecule has 2 heteroatoms. The lowest BCUT2D eigenvalue weighted by Gasteiger charge is -2.16. The fourth-order valence-corrected chi connectivity index (χ4v) is 1.14. The van der Waals surface area contributed by atoms with Crippen LogP contribution in [-0.2, 0) is 17.6 Å². The van der Waals surface area contributed by atoms with Gasteiger partial charge >= 0.3 is 0 Å². The summed E-state index contributed by atoms with van der Waals surface area (Å²) in [5, 5.41) is 0. The Morgan fingerprint density at radius 1 is 1.31 bits per heavy atom. The molecule has 0 spiro atoms. The maximum Gasteiger partial charge on any atom is 0.240 e. The van der Waals surface area contributed by atoms with Gasteiger partial charge in [-0.2, -0.15) is 0 Å². The summed E-state index contributed by atoms with van der Waals surface area (Å²) in [6, 6.07) is 8.63. The highest BCUT2D eigenvalue weighted by Gasteiger charge is 2.09. The number of primary amides is 1. The van der Waals surface area contributed by atoms with E-state index in [4.69, 9.17) is 0 Å². The number of hydrogen-bond donors (Lipinski definition) is 1. The average molecular weight is 175 g/mol. The smallest absolute Gasteiger partial charge is 0.240 e. The van der Waals surface area contributed by atoms with Crippen LogP contribution in [0.4, 0.5) is 0 Å². The first-order valence-electron chi connectivity index (χ1n) is 4.22. The number of nitrogens with two attached hydrogens (primary N) is 1. The average Bonchev–Trinajstić information content (AvgIpc) is 2.08. The van der Waals surface area contributed by atoms with Gasteiger partial charge in [0.05, 0.1) is 0 Å². The van der Waals surface area contributed by atoms with Crippen LogP contribution in [0, 0.1) is 0 Å². The highest BCUT2D eigenvalue weighted by molar-refractivity contribution is 5.84. The maximum absolute atomic E-state index is 9.47. The zero-order valence-corrected chi connectivity index (χ0v) is 7.49. The van der Waals surface area contributed by atoms with Crippen molar-refractivity contribution in [2.45, 2.75) is 12.8 Å². The molecule has 2 N–H and O–H groups in total. The summed E-state index contributed by atoms with van der Waals surface area (Å²) in [5.74, 6) is -0.481. The van der Waals surface area contributed by atoms with Crippen molar-refractivity contribution in [3.63, 3.8) is 0 Å². The number of hydrogen-bond acceptors (Lipinski definition) is 1. The molecule has 0 saturated heterocycles. The molecule has 1 aromatic carbocycles. The van der Waals surface area contributed by atoms with Crippen LogP contribution in [0.2, 0.25) is 0 Å². The van der Waals surface area contributed by atoms with Crippen molar-refractivity contribution in [3.05, 3.63) is 48.0 Å². The summed E-state index contributed by atoms with van der Waals surface area (Å²) in [5.41, 5.74) is 7.63. The monoisotopic (exact) mass is 175 g/mol. The molecule has 1 aliphatic carbocycles. The molecule has 0 atom stereocenters. The molecule has 0 fully saturated rings. The molecule has 1 aliphatic rings. The van der Waals surface area contributed by atoms with Gasteiger partial charge < -0.3 is 5.73 Å². The predicted molar refractivity (Wildman–Crippen MR) is 53.2 cm³/mol. The Balaban J connectivity index is 0.000000149. The standard InChI is InChI=1S/C8H8.C3H5NO/c1-2-4-8-6-5-7(8)3-1;1-2-3(4)5/h1-4H,5-6H2;2H,1H2,(H2,4,5). The van der Waals surface area contributed by atoms with Gasteiger partial charge in [-0.3, -0.25) is 4.79 Å². The molecule has 68 valence electrons. The minimum Gasteiger partial charge on any atom is -0.366 e. The van der Waals surface area contributed by atoms with Crippen LogP contribution in [0.25, 0.3) is 0 Å². The van der Waals surface area contributed by atoms with Crippen molar-refractivity contribution < 1.29 is 4.79 Å². The van der Waals surface area contributed by atoms with Crippen molar-refractivity contribution in [1.29, 1.82) is 0 Å². The van der Waals surface area contributed by atoms with E-state index in [-0.39, 0.29) is 0 Å². The van der Waals surface area contributed by atoms with Gasteiger partial charge in [-0.05, 0) is 30.0 Å². The van der Waals surface area contributed by atoms with Gasteiger partial charge in [0.2, 0.25) is 5.91 Å². The van der Waals surface area contributed by atoms with Gasteiger partial charge in [-0.25, -0.2) is 0 Å². The van der Waals surface area contributed by atoms with Crippen molar-refractivity contribution in [3.8, 4) is 0 Å². The molecule has 13 heavy (non-hydrogen) atoms. The Labute approximate surface area is 78.1 Å². The van der Waals surface area contributed by atoms with Crippen LogP contribution in [-0.4, -0.2) is 5.91 Å². The Kier molecular flexibility index (Phi) is 3.26. The minimum absolute atomic E-state index is 0.481. The quantitative estimate of drug-likeness (QED) is 0.645. The Hall–Kier alpha value is -1.57. The van der Waals surface area contributed by atoms with Crippen LogP contribution >= 0.6 is 0 Å². The summed E-state index contributed by atoms with van der Waals surface area (Å²) >= 11 is 0. The summed E-state index contributed by atoms with van der Waals surface area (Å²) in [7, 11) is 0. The zero-order valence-electron chi connectivity index (χ0n) is 7.49. The lowest BCUT2D eigenvalue weighted by atomic mass is 9.89. The summed E-state index contributed by atoms with van der Waals surface area (Å²) in [6.45, 7) is 3.09. The highest BCUT2D eigenvalue weighted by atomic mass is 16.1. The number of benzene rings is 1. The molecule has 0 saturated carbocycles. The van der Waals surface area contributed by atoms with Gasteiger partial charge in [0, 0.05) is 0 Å². The molecule has 1 aromatic rings. The van der Waals surface area contributed by atoms with Crippen molar-refractivity contribution >= 4 is 5.91 Å². The summed E-state index contributed by atoms with van der Waals surface area (Å²) < 4.78 is 0. The molecule has 1 amide bonds. The number of carbonyl (C=O) groups is 1. The van der Waals surface area contributed by atoms with Crippen LogP contribution in [0.5, 0.6) is 0 Å². The van der Waals surface area contributed by atoms with Crippen LogP contribution < -0.4 is 5.73 Å². The van der Waals surface area contributed by atoms with E-state index in [0.29, 0.717) is 0 Å². The van der Waals surface area contributed by atoms with E-state index < -0.39 is 5.91 Å². The number of aryl methyl sites for hydroxylation is 2. The van der Waals surface area contributed by atoms with E-state index in [1.807, 2.05) is 0 Å². The molecule has 0 heterocycles. The van der Waals surface area contributed by atoms with E-state index in [2.05, 4.69) is 36.6 Å². The predicted octanol–water partition coefficient (Wildman–Crippen LogP) is 1.44. The van der Waals surface area contributed by atoms with Gasteiger partial charge in [0.1, 0.15) is 0 Å². The normalized spacial score (nSPS) is 11.4. The Bertz CT molecular complexity index is 295. The molecule has 0 aromatic heterocycles. The SMILES string of the molecule is C=CC(N)=O.c1ccc2c(c1)CC2. The van der Waals surface area contributed by atoms with E-state index in [1.165, 1.54) is 12.8 Å². The Morgan fingerprint density at radius 3 is 1.85 bits per heavy atom. The highest BCUT2D eigenvalue weighted by Crippen LogP contribution is 2.20. The van der Waals surface area contributed by atoms with Gasteiger partial charge in [-0.15, -0.1) is 0 Å². The molecular weight excluding hydrogens is 162 g/mol. The summed E-state index contributed by atoms with van der Waals surface area (Å²) in [4.78, 5) is 9.47. The molecule has 0 radical (unpaired) electrons. The fourth-order valence-electron chi connectivity index (χ4n) is 1.14. The fraction of sp³-hybridized carbons (Fsp3) is 0.182. The van der Waals surface area contributed by atoms with E-state index in [0.717, 1.165) is 6.08 Å². The molecule has 2 rings (SSSR count). The zero-order chi connectivity index (χ0) is 9.68. The molecular formula is C11H13NO. The third kappa shape index (κ3) is 2.75. The molecule has 0 bridgehead atoms. The molecule has 0 unspecified atom stereocenters. The van der Waals surface area contributed by atoms with Gasteiger partial charge in [0.15, 0.2) is 0 Å². The van der Waals surface area contributed by atoms with Crippen molar-refractivity contribution in [2.75, 3.05) is 0 Å². The second-order valence-electron chi connectivity index (χ2n) is 2.88. The van der Waals surface area contributed by atoms with Crippen LogP contribution in [0.3, 0.4) is 0 Å². The third-order valence-electron chi connectivity index (χ3n) is 1.98.